The zero-order valence-electron chi connectivity index (χ0n) is 15.4. The second-order valence-electron chi connectivity index (χ2n) is 6.33. The predicted molar refractivity (Wildman–Crippen MR) is 110 cm³/mol. The second kappa shape index (κ2) is 8.22. The van der Waals surface area contributed by atoms with E-state index in [9.17, 15) is 4.79 Å². The molecular formula is C21H19N5OS. The fourth-order valence-corrected chi connectivity index (χ4v) is 3.78. The fraction of sp³-hybridized carbons (Fsp3) is 0.143. The van der Waals surface area contributed by atoms with Gasteiger partial charge >= 0.3 is 0 Å². The van der Waals surface area contributed by atoms with Crippen LogP contribution in [-0.4, -0.2) is 43.4 Å². The maximum Gasteiger partial charge on any atom is 0.233 e. The first-order valence-corrected chi connectivity index (χ1v) is 9.86. The zero-order valence-corrected chi connectivity index (χ0v) is 16.2. The summed E-state index contributed by atoms with van der Waals surface area (Å²) in [5.74, 6) is 0.363. The van der Waals surface area contributed by atoms with E-state index in [0.717, 1.165) is 27.3 Å². The van der Waals surface area contributed by atoms with Gasteiger partial charge in [-0.05, 0) is 17.7 Å². The van der Waals surface area contributed by atoms with E-state index in [2.05, 4.69) is 15.1 Å². The van der Waals surface area contributed by atoms with Crippen molar-refractivity contribution < 1.29 is 4.79 Å². The number of aromatic nitrogens is 4. The van der Waals surface area contributed by atoms with E-state index in [1.165, 1.54) is 18.1 Å². The Kier molecular flexibility index (Phi) is 5.34. The predicted octanol–water partition coefficient (Wildman–Crippen LogP) is 3.57. The van der Waals surface area contributed by atoms with Crippen molar-refractivity contribution in [1.82, 2.24) is 24.6 Å². The molecule has 4 rings (SSSR count). The van der Waals surface area contributed by atoms with Crippen LogP contribution in [0.5, 0.6) is 0 Å². The molecule has 0 bridgehead atoms. The molecule has 0 atom stereocenters. The molecule has 2 heterocycles. The van der Waals surface area contributed by atoms with Crippen LogP contribution in [0.4, 0.5) is 0 Å². The van der Waals surface area contributed by atoms with Crippen LogP contribution in [0.3, 0.4) is 0 Å². The lowest BCUT2D eigenvalue weighted by Crippen LogP contribution is -2.27. The SMILES string of the molecule is CN(Cc1ccccc1)C(=O)CSc1ncnc2c1cnn2-c1ccccc1. The number of thioether (sulfide) groups is 1. The van der Waals surface area contributed by atoms with Gasteiger partial charge in [0.15, 0.2) is 5.65 Å². The summed E-state index contributed by atoms with van der Waals surface area (Å²) in [6, 6.07) is 19.8. The molecule has 0 spiro atoms. The first-order valence-electron chi connectivity index (χ1n) is 8.87. The van der Waals surface area contributed by atoms with Crippen LogP contribution in [0, 0.1) is 0 Å². The first-order chi connectivity index (χ1) is 13.7. The molecule has 2 aromatic carbocycles. The molecule has 0 unspecified atom stereocenters. The average molecular weight is 389 g/mol. The van der Waals surface area contributed by atoms with Crippen molar-refractivity contribution in [3.63, 3.8) is 0 Å². The van der Waals surface area contributed by atoms with Gasteiger partial charge < -0.3 is 4.90 Å². The topological polar surface area (TPSA) is 63.9 Å². The Morgan fingerprint density at radius 3 is 2.50 bits per heavy atom. The molecule has 6 nitrogen and oxygen atoms in total. The molecule has 1 amide bonds. The van der Waals surface area contributed by atoms with Crippen molar-refractivity contribution in [2.45, 2.75) is 11.6 Å². The molecule has 140 valence electrons. The molecule has 4 aromatic rings. The van der Waals surface area contributed by atoms with Crippen LogP contribution in [0.2, 0.25) is 0 Å². The highest BCUT2D eigenvalue weighted by Crippen LogP contribution is 2.26. The number of para-hydroxylation sites is 1. The van der Waals surface area contributed by atoms with Gasteiger partial charge in [0.25, 0.3) is 0 Å². The smallest absolute Gasteiger partial charge is 0.233 e. The number of carbonyl (C=O) groups excluding carboxylic acids is 1. The van der Waals surface area contributed by atoms with Crippen molar-refractivity contribution in [2.75, 3.05) is 12.8 Å². The number of amides is 1. The van der Waals surface area contributed by atoms with Crippen LogP contribution in [0.15, 0.2) is 78.2 Å². The van der Waals surface area contributed by atoms with Crippen molar-refractivity contribution in [3.05, 3.63) is 78.8 Å². The van der Waals surface area contributed by atoms with Gasteiger partial charge in [-0.25, -0.2) is 14.6 Å². The monoisotopic (exact) mass is 389 g/mol. The minimum Gasteiger partial charge on any atom is -0.341 e. The van der Waals surface area contributed by atoms with Crippen LogP contribution in [-0.2, 0) is 11.3 Å². The summed E-state index contributed by atoms with van der Waals surface area (Å²) in [5.41, 5.74) is 2.77. The number of benzene rings is 2. The van der Waals surface area contributed by atoms with Crippen molar-refractivity contribution in [2.24, 2.45) is 0 Å². The summed E-state index contributed by atoms with van der Waals surface area (Å²) >= 11 is 1.41. The molecule has 0 aliphatic rings. The van der Waals surface area contributed by atoms with E-state index in [1.807, 2.05) is 67.7 Å². The Labute approximate surface area is 167 Å². The Morgan fingerprint density at radius 2 is 1.75 bits per heavy atom. The second-order valence-corrected chi connectivity index (χ2v) is 7.30. The Morgan fingerprint density at radius 1 is 1.04 bits per heavy atom. The number of fused-ring (bicyclic) bond motifs is 1. The quantitative estimate of drug-likeness (QED) is 0.373. The lowest BCUT2D eigenvalue weighted by molar-refractivity contribution is -0.127. The number of rotatable bonds is 6. The van der Waals surface area contributed by atoms with Crippen LogP contribution in [0.1, 0.15) is 5.56 Å². The average Bonchev–Trinajstić information content (AvgIpc) is 3.18. The van der Waals surface area contributed by atoms with Crippen LogP contribution < -0.4 is 0 Å². The largest absolute Gasteiger partial charge is 0.341 e. The third kappa shape index (κ3) is 3.89. The minimum absolute atomic E-state index is 0.0519. The lowest BCUT2D eigenvalue weighted by atomic mass is 10.2. The molecule has 0 fully saturated rings. The lowest BCUT2D eigenvalue weighted by Gasteiger charge is -2.17. The Bertz CT molecular complexity index is 1080. The van der Waals surface area contributed by atoms with Gasteiger partial charge in [-0.1, -0.05) is 60.3 Å². The van der Waals surface area contributed by atoms with Crippen LogP contribution >= 0.6 is 11.8 Å². The molecule has 2 aromatic heterocycles. The van der Waals surface area contributed by atoms with Crippen molar-refractivity contribution in [1.29, 1.82) is 0 Å². The summed E-state index contributed by atoms with van der Waals surface area (Å²) in [5, 5.41) is 6.05. The zero-order chi connectivity index (χ0) is 19.3. The van der Waals surface area contributed by atoms with Gasteiger partial charge in [-0.2, -0.15) is 5.10 Å². The van der Waals surface area contributed by atoms with Crippen LogP contribution in [0.25, 0.3) is 16.7 Å². The normalized spacial score (nSPS) is 10.9. The highest BCUT2D eigenvalue weighted by Gasteiger charge is 2.15. The number of hydrogen-bond acceptors (Lipinski definition) is 5. The first kappa shape index (κ1) is 18.2. The van der Waals surface area contributed by atoms with E-state index >= 15 is 0 Å². The van der Waals surface area contributed by atoms with E-state index in [0.29, 0.717) is 12.3 Å². The molecule has 0 aliphatic heterocycles. The van der Waals surface area contributed by atoms with E-state index in [1.54, 1.807) is 15.8 Å². The molecule has 0 radical (unpaired) electrons. The Balaban J connectivity index is 1.48. The van der Waals surface area contributed by atoms with Gasteiger partial charge in [-0.15, -0.1) is 0 Å². The highest BCUT2D eigenvalue weighted by atomic mass is 32.2. The number of carbonyl (C=O) groups is 1. The van der Waals surface area contributed by atoms with Crippen molar-refractivity contribution >= 4 is 28.7 Å². The molecule has 0 saturated carbocycles. The third-order valence-electron chi connectivity index (χ3n) is 4.35. The molecule has 0 N–H and O–H groups in total. The summed E-state index contributed by atoms with van der Waals surface area (Å²) in [6.45, 7) is 0.589. The summed E-state index contributed by atoms with van der Waals surface area (Å²) in [4.78, 5) is 23.0. The van der Waals surface area contributed by atoms with Gasteiger partial charge in [0.05, 0.1) is 23.0 Å². The number of nitrogens with zero attached hydrogens (tertiary/aromatic N) is 5. The van der Waals surface area contributed by atoms with E-state index in [4.69, 9.17) is 0 Å². The van der Waals surface area contributed by atoms with Gasteiger partial charge in [0.1, 0.15) is 11.4 Å². The maximum atomic E-state index is 12.5. The van der Waals surface area contributed by atoms with Gasteiger partial charge in [0.2, 0.25) is 5.91 Å². The summed E-state index contributed by atoms with van der Waals surface area (Å²) in [7, 11) is 1.82. The molecule has 7 heteroatoms. The fourth-order valence-electron chi connectivity index (χ4n) is 2.88. The maximum absolute atomic E-state index is 12.5. The van der Waals surface area contributed by atoms with E-state index < -0.39 is 0 Å². The van der Waals surface area contributed by atoms with Gasteiger partial charge in [-0.3, -0.25) is 4.79 Å². The summed E-state index contributed by atoms with van der Waals surface area (Å²) in [6.07, 6.45) is 3.27. The molecule has 0 aliphatic carbocycles. The van der Waals surface area contributed by atoms with Crippen molar-refractivity contribution in [3.8, 4) is 5.69 Å². The molecule has 28 heavy (non-hydrogen) atoms. The Hall–Kier alpha value is -3.19. The standard InChI is InChI=1S/C21H19N5OS/c1-25(13-16-8-4-2-5-9-16)19(27)14-28-21-18-12-24-26(20(18)22-15-23-21)17-10-6-3-7-11-17/h2-12,15H,13-14H2,1H3. The summed E-state index contributed by atoms with van der Waals surface area (Å²) < 4.78 is 1.78. The minimum atomic E-state index is 0.0519. The molecular weight excluding hydrogens is 370 g/mol. The molecule has 0 saturated heterocycles. The highest BCUT2D eigenvalue weighted by molar-refractivity contribution is 8.00. The third-order valence-corrected chi connectivity index (χ3v) is 5.34. The van der Waals surface area contributed by atoms with Gasteiger partial charge in [0, 0.05) is 13.6 Å². The number of hydrogen-bond donors (Lipinski definition) is 0. The van der Waals surface area contributed by atoms with E-state index in [-0.39, 0.29) is 5.91 Å².